The largest absolute Gasteiger partial charge is 0.439 e. The van der Waals surface area contributed by atoms with Crippen molar-refractivity contribution in [3.8, 4) is 11.6 Å². The third-order valence-corrected chi connectivity index (χ3v) is 2.46. The van der Waals surface area contributed by atoms with E-state index < -0.39 is 0 Å². The molecule has 1 aromatic heterocycles. The van der Waals surface area contributed by atoms with Crippen molar-refractivity contribution in [2.45, 2.75) is 0 Å². The Labute approximate surface area is 98.0 Å². The Balaban J connectivity index is 2.29. The summed E-state index contributed by atoms with van der Waals surface area (Å²) in [4.78, 5) is 0. The standard InChI is InChI=1S/C11H8Cl2NO/c1-14-6-2-3-11(14)15-10-5-4-8(12)7-9(10)13/h2-5,7H,1H3. The molecule has 0 aliphatic rings. The molecule has 0 N–H and O–H groups in total. The smallest absolute Gasteiger partial charge is 0.200 e. The molecule has 1 heterocycles. The molecule has 0 saturated heterocycles. The molecule has 0 bridgehead atoms. The topological polar surface area (TPSA) is 14.2 Å². The number of rotatable bonds is 2. The molecule has 1 radical (unpaired) electrons. The fourth-order valence-corrected chi connectivity index (χ4v) is 1.62. The summed E-state index contributed by atoms with van der Waals surface area (Å²) in [6.07, 6.45) is 2.94. The van der Waals surface area contributed by atoms with Gasteiger partial charge in [0.15, 0.2) is 5.88 Å². The third-order valence-electron chi connectivity index (χ3n) is 1.93. The summed E-state index contributed by atoms with van der Waals surface area (Å²) < 4.78 is 7.32. The van der Waals surface area contributed by atoms with E-state index in [2.05, 4.69) is 6.20 Å². The first-order chi connectivity index (χ1) is 7.16. The van der Waals surface area contributed by atoms with Crippen LogP contribution in [0.4, 0.5) is 0 Å². The lowest BCUT2D eigenvalue weighted by Gasteiger charge is -2.07. The van der Waals surface area contributed by atoms with E-state index in [1.807, 2.05) is 13.1 Å². The highest BCUT2D eigenvalue weighted by atomic mass is 35.5. The van der Waals surface area contributed by atoms with Crippen LogP contribution in [0.2, 0.25) is 10.0 Å². The van der Waals surface area contributed by atoms with Crippen molar-refractivity contribution < 1.29 is 4.74 Å². The van der Waals surface area contributed by atoms with Crippen molar-refractivity contribution in [2.24, 2.45) is 7.05 Å². The van der Waals surface area contributed by atoms with Crippen LogP contribution in [0, 0.1) is 6.20 Å². The summed E-state index contributed by atoms with van der Waals surface area (Å²) in [5.41, 5.74) is 0. The van der Waals surface area contributed by atoms with E-state index >= 15 is 0 Å². The zero-order chi connectivity index (χ0) is 10.8. The minimum absolute atomic E-state index is 0.490. The monoisotopic (exact) mass is 240 g/mol. The second-order valence-electron chi connectivity index (χ2n) is 3.04. The summed E-state index contributed by atoms with van der Waals surface area (Å²) >= 11 is 11.7. The highest BCUT2D eigenvalue weighted by molar-refractivity contribution is 6.35. The average molecular weight is 241 g/mol. The molecule has 0 atom stereocenters. The van der Waals surface area contributed by atoms with Gasteiger partial charge in [0, 0.05) is 18.1 Å². The number of aromatic nitrogens is 1. The van der Waals surface area contributed by atoms with Crippen LogP contribution in [-0.4, -0.2) is 4.57 Å². The van der Waals surface area contributed by atoms with E-state index in [0.29, 0.717) is 21.7 Å². The Morgan fingerprint density at radius 1 is 1.27 bits per heavy atom. The summed E-state index contributed by atoms with van der Waals surface area (Å²) in [5.74, 6) is 1.26. The van der Waals surface area contributed by atoms with Gasteiger partial charge in [0.05, 0.1) is 11.2 Å². The highest BCUT2D eigenvalue weighted by Gasteiger charge is 2.05. The molecule has 0 aliphatic heterocycles. The van der Waals surface area contributed by atoms with Gasteiger partial charge in [-0.3, -0.25) is 0 Å². The Kier molecular flexibility index (Phi) is 2.89. The van der Waals surface area contributed by atoms with Gasteiger partial charge in [-0.2, -0.15) is 0 Å². The van der Waals surface area contributed by atoms with Crippen molar-refractivity contribution in [1.29, 1.82) is 0 Å². The number of ether oxygens (including phenoxy) is 1. The summed E-state index contributed by atoms with van der Waals surface area (Å²) in [7, 11) is 1.85. The van der Waals surface area contributed by atoms with Crippen LogP contribution in [0.1, 0.15) is 0 Å². The number of halogens is 2. The van der Waals surface area contributed by atoms with Gasteiger partial charge >= 0.3 is 0 Å². The first-order valence-electron chi connectivity index (χ1n) is 4.33. The zero-order valence-corrected chi connectivity index (χ0v) is 9.51. The molecule has 15 heavy (non-hydrogen) atoms. The van der Waals surface area contributed by atoms with Crippen molar-refractivity contribution >= 4 is 23.2 Å². The second kappa shape index (κ2) is 4.17. The first kappa shape index (κ1) is 10.4. The van der Waals surface area contributed by atoms with Crippen molar-refractivity contribution in [3.63, 3.8) is 0 Å². The van der Waals surface area contributed by atoms with Gasteiger partial charge < -0.3 is 9.30 Å². The molecule has 2 nitrogen and oxygen atoms in total. The molecule has 2 aromatic rings. The van der Waals surface area contributed by atoms with Crippen LogP contribution >= 0.6 is 23.2 Å². The van der Waals surface area contributed by atoms with Gasteiger partial charge in [0.25, 0.3) is 0 Å². The number of nitrogens with zero attached hydrogens (tertiary/aromatic N) is 1. The van der Waals surface area contributed by atoms with E-state index in [4.69, 9.17) is 27.9 Å². The first-order valence-corrected chi connectivity index (χ1v) is 5.09. The maximum Gasteiger partial charge on any atom is 0.200 e. The fraction of sp³-hybridized carbons (Fsp3) is 0.0909. The predicted molar refractivity (Wildman–Crippen MR) is 60.8 cm³/mol. The second-order valence-corrected chi connectivity index (χ2v) is 3.88. The van der Waals surface area contributed by atoms with Gasteiger partial charge in [-0.15, -0.1) is 0 Å². The van der Waals surface area contributed by atoms with Crippen LogP contribution in [0.5, 0.6) is 11.6 Å². The van der Waals surface area contributed by atoms with Gasteiger partial charge in [0.1, 0.15) is 5.75 Å². The Morgan fingerprint density at radius 3 is 2.67 bits per heavy atom. The van der Waals surface area contributed by atoms with E-state index in [1.165, 1.54) is 0 Å². The average Bonchev–Trinajstić information content (AvgIpc) is 2.57. The highest BCUT2D eigenvalue weighted by Crippen LogP contribution is 2.31. The third kappa shape index (κ3) is 2.28. The SMILES string of the molecule is Cn1[c]ccc1Oc1ccc(Cl)cc1Cl. The lowest BCUT2D eigenvalue weighted by molar-refractivity contribution is 0.443. The van der Waals surface area contributed by atoms with Gasteiger partial charge in [0.2, 0.25) is 0 Å². The molecule has 0 fully saturated rings. The molecule has 77 valence electrons. The minimum Gasteiger partial charge on any atom is -0.439 e. The van der Waals surface area contributed by atoms with E-state index in [1.54, 1.807) is 28.8 Å². The van der Waals surface area contributed by atoms with Gasteiger partial charge in [-0.1, -0.05) is 23.2 Å². The molecule has 0 aliphatic carbocycles. The molecule has 0 spiro atoms. The Hall–Kier alpha value is -1.12. The number of aryl methyl sites for hydroxylation is 1. The van der Waals surface area contributed by atoms with Gasteiger partial charge in [-0.05, 0) is 24.3 Å². The van der Waals surface area contributed by atoms with E-state index in [0.717, 1.165) is 0 Å². The van der Waals surface area contributed by atoms with E-state index in [9.17, 15) is 0 Å². The quantitative estimate of drug-likeness (QED) is 0.777. The molecule has 0 unspecified atom stereocenters. The molecule has 1 aromatic carbocycles. The predicted octanol–water partition coefficient (Wildman–Crippen LogP) is 3.92. The maximum absolute atomic E-state index is 5.97. The summed E-state index contributed by atoms with van der Waals surface area (Å²) in [6, 6.07) is 8.70. The van der Waals surface area contributed by atoms with Crippen LogP contribution < -0.4 is 4.74 Å². The minimum atomic E-state index is 0.490. The normalized spacial score (nSPS) is 10.3. The lowest BCUT2D eigenvalue weighted by atomic mass is 10.3. The molecular weight excluding hydrogens is 233 g/mol. The number of benzene rings is 1. The van der Waals surface area contributed by atoms with Crippen LogP contribution in [-0.2, 0) is 7.05 Å². The fourth-order valence-electron chi connectivity index (χ4n) is 1.17. The van der Waals surface area contributed by atoms with Gasteiger partial charge in [-0.25, -0.2) is 0 Å². The van der Waals surface area contributed by atoms with Crippen molar-refractivity contribution in [3.05, 3.63) is 46.6 Å². The molecule has 4 heteroatoms. The molecule has 0 saturated carbocycles. The Morgan fingerprint density at radius 2 is 2.07 bits per heavy atom. The lowest BCUT2D eigenvalue weighted by Crippen LogP contribution is -1.92. The number of hydrogen-bond acceptors (Lipinski definition) is 1. The van der Waals surface area contributed by atoms with Crippen molar-refractivity contribution in [1.82, 2.24) is 4.57 Å². The summed E-state index contributed by atoms with van der Waals surface area (Å²) in [5, 5.41) is 1.08. The van der Waals surface area contributed by atoms with Crippen LogP contribution in [0.3, 0.4) is 0 Å². The number of hydrogen-bond donors (Lipinski definition) is 0. The van der Waals surface area contributed by atoms with E-state index in [-0.39, 0.29) is 0 Å². The van der Waals surface area contributed by atoms with Crippen LogP contribution in [0.25, 0.3) is 0 Å². The Bertz CT molecular complexity index is 479. The zero-order valence-electron chi connectivity index (χ0n) is 8.00. The molecular formula is C11H8Cl2NO. The molecule has 0 amide bonds. The van der Waals surface area contributed by atoms with Crippen molar-refractivity contribution in [2.75, 3.05) is 0 Å². The maximum atomic E-state index is 5.97. The summed E-state index contributed by atoms with van der Waals surface area (Å²) in [6.45, 7) is 0. The molecule has 2 rings (SSSR count). The van der Waals surface area contributed by atoms with Crippen LogP contribution in [0.15, 0.2) is 30.3 Å².